The lowest BCUT2D eigenvalue weighted by atomic mass is 9.90. The van der Waals surface area contributed by atoms with Crippen molar-refractivity contribution in [2.75, 3.05) is 14.1 Å². The maximum absolute atomic E-state index is 12.4. The van der Waals surface area contributed by atoms with Gasteiger partial charge < -0.3 is 9.88 Å². The first-order chi connectivity index (χ1) is 9.95. The highest BCUT2D eigenvalue weighted by molar-refractivity contribution is 5.82. The van der Waals surface area contributed by atoms with Crippen LogP contribution in [0.4, 0.5) is 0 Å². The number of pyridine rings is 1. The smallest absolute Gasteiger partial charge is 0.250 e. The van der Waals surface area contributed by atoms with Crippen LogP contribution in [0.25, 0.3) is 0 Å². The molecule has 116 valence electrons. The van der Waals surface area contributed by atoms with Gasteiger partial charge in [0.05, 0.1) is 12.1 Å². The van der Waals surface area contributed by atoms with Crippen LogP contribution < -0.4 is 10.9 Å². The van der Waals surface area contributed by atoms with Gasteiger partial charge in [-0.3, -0.25) is 14.5 Å². The zero-order valence-corrected chi connectivity index (χ0v) is 13.3. The molecule has 0 bridgehead atoms. The second-order valence-corrected chi connectivity index (χ2v) is 5.97. The molecule has 0 spiro atoms. The minimum Gasteiger partial charge on any atom is -0.348 e. The van der Waals surface area contributed by atoms with Crippen LogP contribution >= 0.6 is 0 Å². The zero-order chi connectivity index (χ0) is 15.6. The third-order valence-electron chi connectivity index (χ3n) is 4.39. The number of fused-ring (bicyclic) bond motifs is 1. The Labute approximate surface area is 126 Å². The molecule has 5 nitrogen and oxygen atoms in total. The fourth-order valence-corrected chi connectivity index (χ4v) is 3.16. The van der Waals surface area contributed by atoms with Crippen LogP contribution in [0.1, 0.15) is 43.5 Å². The minimum absolute atomic E-state index is 0.0143. The van der Waals surface area contributed by atoms with Crippen molar-refractivity contribution >= 4 is 5.91 Å². The van der Waals surface area contributed by atoms with E-state index in [1.54, 1.807) is 17.7 Å². The molecule has 2 atom stereocenters. The van der Waals surface area contributed by atoms with Gasteiger partial charge >= 0.3 is 0 Å². The van der Waals surface area contributed by atoms with Gasteiger partial charge in [0.2, 0.25) is 11.5 Å². The van der Waals surface area contributed by atoms with Crippen molar-refractivity contribution < 1.29 is 4.79 Å². The summed E-state index contributed by atoms with van der Waals surface area (Å²) in [7, 11) is 5.65. The van der Waals surface area contributed by atoms with Crippen LogP contribution in [-0.4, -0.2) is 35.5 Å². The monoisotopic (exact) mass is 291 g/mol. The number of hydrogen-bond donors (Lipinski definition) is 1. The maximum atomic E-state index is 12.4. The van der Waals surface area contributed by atoms with E-state index in [1.165, 1.54) is 0 Å². The molecule has 0 aliphatic heterocycles. The fraction of sp³-hybridized carbons (Fsp3) is 0.625. The maximum Gasteiger partial charge on any atom is 0.250 e. The van der Waals surface area contributed by atoms with E-state index in [2.05, 4.69) is 5.32 Å². The van der Waals surface area contributed by atoms with Gasteiger partial charge in [0, 0.05) is 18.8 Å². The Bertz CT molecular complexity index is 577. The molecule has 1 aromatic heterocycles. The molecular weight excluding hydrogens is 266 g/mol. The molecule has 1 unspecified atom stereocenters. The average molecular weight is 291 g/mol. The third kappa shape index (κ3) is 3.18. The van der Waals surface area contributed by atoms with E-state index < -0.39 is 0 Å². The van der Waals surface area contributed by atoms with Crippen LogP contribution in [0.2, 0.25) is 0 Å². The molecule has 1 amide bonds. The number of aromatic nitrogens is 1. The summed E-state index contributed by atoms with van der Waals surface area (Å²) in [6.45, 7) is 2.02. The average Bonchev–Trinajstić information content (AvgIpc) is 2.43. The van der Waals surface area contributed by atoms with Crippen molar-refractivity contribution in [2.45, 2.75) is 44.7 Å². The van der Waals surface area contributed by atoms with E-state index in [4.69, 9.17) is 0 Å². The Balaban J connectivity index is 2.23. The SMILES string of the molecule is CC[C@@H](C(=O)NC1CCCc2c1ccc(=O)n2C)N(C)C. The van der Waals surface area contributed by atoms with Gasteiger partial charge in [0.1, 0.15) is 0 Å². The molecule has 21 heavy (non-hydrogen) atoms. The normalized spacial score (nSPS) is 19.2. The summed E-state index contributed by atoms with van der Waals surface area (Å²) in [5.41, 5.74) is 2.16. The highest BCUT2D eigenvalue weighted by Crippen LogP contribution is 2.28. The van der Waals surface area contributed by atoms with E-state index >= 15 is 0 Å². The topological polar surface area (TPSA) is 54.3 Å². The number of amides is 1. The van der Waals surface area contributed by atoms with Crippen LogP contribution in [0.3, 0.4) is 0 Å². The van der Waals surface area contributed by atoms with Crippen molar-refractivity contribution in [3.05, 3.63) is 33.7 Å². The number of likely N-dealkylation sites (N-methyl/N-ethyl adjacent to an activating group) is 1. The van der Waals surface area contributed by atoms with Crippen molar-refractivity contribution in [3.63, 3.8) is 0 Å². The van der Waals surface area contributed by atoms with Gasteiger partial charge in [0.15, 0.2) is 0 Å². The lowest BCUT2D eigenvalue weighted by molar-refractivity contribution is -0.126. The molecular formula is C16H25N3O2. The highest BCUT2D eigenvalue weighted by atomic mass is 16.2. The van der Waals surface area contributed by atoms with Gasteiger partial charge in [-0.15, -0.1) is 0 Å². The second kappa shape index (κ2) is 6.43. The molecule has 1 aliphatic rings. The molecule has 0 aromatic carbocycles. The minimum atomic E-state index is -0.108. The largest absolute Gasteiger partial charge is 0.348 e. The molecule has 5 heteroatoms. The van der Waals surface area contributed by atoms with Gasteiger partial charge in [-0.05, 0) is 51.4 Å². The molecule has 0 fully saturated rings. The van der Waals surface area contributed by atoms with Gasteiger partial charge in [-0.1, -0.05) is 6.92 Å². The summed E-state index contributed by atoms with van der Waals surface area (Å²) < 4.78 is 1.71. The Kier molecular flexibility index (Phi) is 4.83. The molecule has 0 saturated heterocycles. The first kappa shape index (κ1) is 15.8. The van der Waals surface area contributed by atoms with E-state index in [-0.39, 0.29) is 23.6 Å². The summed E-state index contributed by atoms with van der Waals surface area (Å²) in [6.07, 6.45) is 3.61. The Morgan fingerprint density at radius 2 is 2.19 bits per heavy atom. The predicted molar refractivity (Wildman–Crippen MR) is 83.3 cm³/mol. The number of carbonyl (C=O) groups excluding carboxylic acids is 1. The highest BCUT2D eigenvalue weighted by Gasteiger charge is 2.26. The zero-order valence-electron chi connectivity index (χ0n) is 13.3. The van der Waals surface area contributed by atoms with Crippen molar-refractivity contribution in [1.29, 1.82) is 0 Å². The van der Waals surface area contributed by atoms with Crippen LogP contribution in [0, 0.1) is 0 Å². The van der Waals surface area contributed by atoms with Crippen LogP contribution in [-0.2, 0) is 18.3 Å². The predicted octanol–water partition coefficient (Wildman–Crippen LogP) is 1.22. The molecule has 2 rings (SSSR count). The standard InChI is InChI=1S/C16H25N3O2/c1-5-13(18(2)3)16(21)17-12-7-6-8-14-11(12)9-10-15(20)19(14)4/h9-10,12-13H,5-8H2,1-4H3,(H,17,21)/t12?,13-/m0/s1. The molecule has 1 aromatic rings. The molecule has 1 aliphatic carbocycles. The second-order valence-electron chi connectivity index (χ2n) is 5.97. The summed E-state index contributed by atoms with van der Waals surface area (Å²) in [4.78, 5) is 26.1. The molecule has 1 N–H and O–H groups in total. The third-order valence-corrected chi connectivity index (χ3v) is 4.39. The Morgan fingerprint density at radius 3 is 2.81 bits per heavy atom. The summed E-state index contributed by atoms with van der Waals surface area (Å²) in [5, 5.41) is 3.16. The lowest BCUT2D eigenvalue weighted by Gasteiger charge is -2.30. The Morgan fingerprint density at radius 1 is 1.48 bits per heavy atom. The fourth-order valence-electron chi connectivity index (χ4n) is 3.16. The van der Waals surface area contributed by atoms with E-state index in [9.17, 15) is 9.59 Å². The molecule has 0 radical (unpaired) electrons. The molecule has 1 heterocycles. The van der Waals surface area contributed by atoms with Crippen LogP contribution in [0.15, 0.2) is 16.9 Å². The summed E-state index contributed by atoms with van der Waals surface area (Å²) >= 11 is 0. The lowest BCUT2D eigenvalue weighted by Crippen LogP contribution is -2.45. The van der Waals surface area contributed by atoms with Crippen molar-refractivity contribution in [1.82, 2.24) is 14.8 Å². The summed E-state index contributed by atoms with van der Waals surface area (Å²) in [6, 6.07) is 3.37. The number of nitrogens with one attached hydrogen (secondary N) is 1. The van der Waals surface area contributed by atoms with E-state index in [1.807, 2.05) is 32.0 Å². The van der Waals surface area contributed by atoms with Gasteiger partial charge in [0.25, 0.3) is 0 Å². The van der Waals surface area contributed by atoms with E-state index in [0.29, 0.717) is 0 Å². The first-order valence-electron chi connectivity index (χ1n) is 7.61. The quantitative estimate of drug-likeness (QED) is 0.907. The first-order valence-corrected chi connectivity index (χ1v) is 7.61. The number of nitrogens with zero attached hydrogens (tertiary/aromatic N) is 2. The molecule has 0 saturated carbocycles. The van der Waals surface area contributed by atoms with Crippen molar-refractivity contribution in [2.24, 2.45) is 7.05 Å². The number of rotatable bonds is 4. The Hall–Kier alpha value is -1.62. The number of hydrogen-bond acceptors (Lipinski definition) is 3. The number of carbonyl (C=O) groups is 1. The van der Waals surface area contributed by atoms with Crippen LogP contribution in [0.5, 0.6) is 0 Å². The van der Waals surface area contributed by atoms with E-state index in [0.717, 1.165) is 36.9 Å². The van der Waals surface area contributed by atoms with Gasteiger partial charge in [-0.2, -0.15) is 0 Å². The van der Waals surface area contributed by atoms with Gasteiger partial charge in [-0.25, -0.2) is 0 Å². The van der Waals surface area contributed by atoms with Crippen molar-refractivity contribution in [3.8, 4) is 0 Å². The summed E-state index contributed by atoms with van der Waals surface area (Å²) in [5.74, 6) is 0.0641.